The first-order valence-electron chi connectivity index (χ1n) is 10.0. The molecule has 0 spiro atoms. The molecule has 0 fully saturated rings. The lowest BCUT2D eigenvalue weighted by molar-refractivity contribution is -0.166. The maximum absolute atomic E-state index is 12.9. The quantitative estimate of drug-likeness (QED) is 0.423. The highest BCUT2D eigenvalue weighted by Gasteiger charge is 2.39. The van der Waals surface area contributed by atoms with Gasteiger partial charge < -0.3 is 5.32 Å². The van der Waals surface area contributed by atoms with Crippen LogP contribution in [0.4, 0.5) is 13.2 Å². The molecule has 0 aromatic heterocycles. The standard InChI is InChI=1S/C22H28F3N.ClH/c1-16(20-13-5-10-18-9-2-3-12-21(18)20)26-14-6-8-17-7-4-11-19(15-17)22(23,24)25;/h2-5,9-12,16-17,19-20,26H,6-8,13-15H2,1H3;1H/t16-,17?,19?,20?;/m1./s1/i20D;. The topological polar surface area (TPSA) is 12.0 Å². The normalized spacial score (nSPS) is 28.8. The molecule has 2 aliphatic carbocycles. The highest BCUT2D eigenvalue weighted by Crippen LogP contribution is 2.37. The highest BCUT2D eigenvalue weighted by atomic mass is 35.5. The van der Waals surface area contributed by atoms with Gasteiger partial charge in [-0.3, -0.25) is 0 Å². The van der Waals surface area contributed by atoms with E-state index >= 15 is 0 Å². The zero-order valence-electron chi connectivity index (χ0n) is 16.6. The molecule has 0 radical (unpaired) electrons. The highest BCUT2D eigenvalue weighted by molar-refractivity contribution is 5.85. The summed E-state index contributed by atoms with van der Waals surface area (Å²) in [5, 5.41) is 3.45. The Morgan fingerprint density at radius 1 is 1.22 bits per heavy atom. The van der Waals surface area contributed by atoms with Crippen LogP contribution in [-0.4, -0.2) is 18.8 Å². The zero-order chi connectivity index (χ0) is 19.5. The van der Waals surface area contributed by atoms with Crippen LogP contribution in [0.2, 0.25) is 0 Å². The molecule has 2 aliphatic rings. The maximum Gasteiger partial charge on any atom is 0.395 e. The van der Waals surface area contributed by atoms with Gasteiger partial charge in [0.25, 0.3) is 0 Å². The maximum atomic E-state index is 12.9. The van der Waals surface area contributed by atoms with Gasteiger partial charge >= 0.3 is 6.18 Å². The number of benzene rings is 1. The summed E-state index contributed by atoms with van der Waals surface area (Å²) >= 11 is 0. The van der Waals surface area contributed by atoms with Gasteiger partial charge in [0.2, 0.25) is 0 Å². The largest absolute Gasteiger partial charge is 0.395 e. The molecule has 3 rings (SSSR count). The van der Waals surface area contributed by atoms with Crippen LogP contribution in [0.3, 0.4) is 0 Å². The molecule has 0 amide bonds. The number of hydrogen-bond acceptors (Lipinski definition) is 1. The summed E-state index contributed by atoms with van der Waals surface area (Å²) in [5.41, 5.74) is 2.14. The van der Waals surface area contributed by atoms with Crippen molar-refractivity contribution in [3.63, 3.8) is 0 Å². The van der Waals surface area contributed by atoms with Crippen molar-refractivity contribution in [2.45, 2.75) is 57.1 Å². The Kier molecular flexibility index (Phi) is 7.42. The SMILES string of the molecule is Cl.[2H]C1([C@@H](C)NCCCC2CC=CC(C(F)(F)F)C2)CC=Cc2ccccc21. The summed E-state index contributed by atoms with van der Waals surface area (Å²) in [4.78, 5) is 0. The molecular formula is C22H29ClF3N. The van der Waals surface area contributed by atoms with Crippen molar-refractivity contribution in [1.29, 1.82) is 0 Å². The Hall–Kier alpha value is -1.26. The van der Waals surface area contributed by atoms with Crippen molar-refractivity contribution < 1.29 is 14.5 Å². The average molecular weight is 401 g/mol. The van der Waals surface area contributed by atoms with Gasteiger partial charge in [0.1, 0.15) is 0 Å². The fraction of sp³-hybridized carbons (Fsp3) is 0.545. The van der Waals surface area contributed by atoms with E-state index in [1.54, 1.807) is 6.08 Å². The minimum Gasteiger partial charge on any atom is -0.314 e. The molecule has 1 N–H and O–H groups in total. The average Bonchev–Trinajstić information content (AvgIpc) is 2.65. The van der Waals surface area contributed by atoms with Gasteiger partial charge in [0.15, 0.2) is 0 Å². The molecule has 0 saturated carbocycles. The number of allylic oxidation sites excluding steroid dienone is 3. The second-order valence-electron chi connectivity index (χ2n) is 7.45. The third kappa shape index (κ3) is 5.86. The second-order valence-corrected chi connectivity index (χ2v) is 7.45. The van der Waals surface area contributed by atoms with Gasteiger partial charge in [-0.15, -0.1) is 12.4 Å². The van der Waals surface area contributed by atoms with Crippen LogP contribution >= 0.6 is 12.4 Å². The Morgan fingerprint density at radius 2 is 2.00 bits per heavy atom. The van der Waals surface area contributed by atoms with Gasteiger partial charge in [-0.1, -0.05) is 48.6 Å². The van der Waals surface area contributed by atoms with Crippen molar-refractivity contribution >= 4 is 18.5 Å². The Morgan fingerprint density at radius 3 is 2.78 bits per heavy atom. The summed E-state index contributed by atoms with van der Waals surface area (Å²) in [6, 6.07) is 7.99. The second kappa shape index (κ2) is 9.79. The molecule has 1 aromatic rings. The van der Waals surface area contributed by atoms with E-state index in [0.717, 1.165) is 36.9 Å². The summed E-state index contributed by atoms with van der Waals surface area (Å²) in [6.07, 6.45) is 6.24. The van der Waals surface area contributed by atoms with E-state index in [-0.39, 0.29) is 30.8 Å². The predicted octanol–water partition coefficient (Wildman–Crippen LogP) is 6.51. The molecular weight excluding hydrogens is 371 g/mol. The van der Waals surface area contributed by atoms with Crippen molar-refractivity contribution in [3.05, 3.63) is 53.6 Å². The molecule has 0 heterocycles. The minimum atomic E-state index is -4.12. The summed E-state index contributed by atoms with van der Waals surface area (Å²) in [6.45, 7) is 2.76. The fourth-order valence-corrected chi connectivity index (χ4v) is 4.05. The molecule has 0 bridgehead atoms. The van der Waals surface area contributed by atoms with Crippen molar-refractivity contribution in [2.24, 2.45) is 11.8 Å². The molecule has 5 heteroatoms. The summed E-state index contributed by atoms with van der Waals surface area (Å²) < 4.78 is 47.7. The van der Waals surface area contributed by atoms with Crippen LogP contribution in [0.5, 0.6) is 0 Å². The molecule has 0 aliphatic heterocycles. The van der Waals surface area contributed by atoms with Crippen LogP contribution < -0.4 is 5.32 Å². The van der Waals surface area contributed by atoms with Gasteiger partial charge in [0.05, 0.1) is 5.92 Å². The summed E-state index contributed by atoms with van der Waals surface area (Å²) in [5.74, 6) is -1.90. The molecule has 0 saturated heterocycles. The van der Waals surface area contributed by atoms with Gasteiger partial charge in [-0.05, 0) is 62.6 Å². The first-order chi connectivity index (χ1) is 12.8. The minimum absolute atomic E-state index is 0. The van der Waals surface area contributed by atoms with E-state index in [2.05, 4.69) is 17.5 Å². The summed E-state index contributed by atoms with van der Waals surface area (Å²) in [7, 11) is 0. The Labute approximate surface area is 167 Å². The number of alkyl halides is 3. The number of nitrogens with one attached hydrogen (secondary N) is 1. The third-order valence-corrected chi connectivity index (χ3v) is 5.55. The number of halogens is 4. The lowest BCUT2D eigenvalue weighted by atomic mass is 9.82. The molecule has 1 nitrogen and oxygen atoms in total. The molecule has 27 heavy (non-hydrogen) atoms. The lowest BCUT2D eigenvalue weighted by Gasteiger charge is -2.29. The first-order valence-corrected chi connectivity index (χ1v) is 9.53. The van der Waals surface area contributed by atoms with E-state index in [9.17, 15) is 13.2 Å². The van der Waals surface area contributed by atoms with Crippen molar-refractivity contribution in [2.75, 3.05) is 6.54 Å². The smallest absolute Gasteiger partial charge is 0.314 e. The van der Waals surface area contributed by atoms with E-state index in [0.29, 0.717) is 6.42 Å². The van der Waals surface area contributed by atoms with Crippen molar-refractivity contribution in [1.82, 2.24) is 5.32 Å². The zero-order valence-corrected chi connectivity index (χ0v) is 16.5. The van der Waals surface area contributed by atoms with Crippen LogP contribution in [0.25, 0.3) is 6.08 Å². The van der Waals surface area contributed by atoms with Crippen LogP contribution in [-0.2, 0) is 0 Å². The number of rotatable bonds is 6. The third-order valence-electron chi connectivity index (χ3n) is 5.55. The number of hydrogen-bond donors (Lipinski definition) is 1. The van der Waals surface area contributed by atoms with Gasteiger partial charge in [-0.25, -0.2) is 0 Å². The molecule has 3 unspecified atom stereocenters. The fourth-order valence-electron chi connectivity index (χ4n) is 4.05. The van der Waals surface area contributed by atoms with Gasteiger partial charge in [0, 0.05) is 13.3 Å². The molecule has 1 aromatic carbocycles. The Bertz CT molecular complexity index is 703. The first kappa shape index (κ1) is 20.5. The lowest BCUT2D eigenvalue weighted by Crippen LogP contribution is -2.34. The van der Waals surface area contributed by atoms with Crippen LogP contribution in [0.15, 0.2) is 42.5 Å². The number of fused-ring (bicyclic) bond motifs is 1. The van der Waals surface area contributed by atoms with E-state index in [1.807, 2.05) is 31.2 Å². The molecule has 150 valence electrons. The monoisotopic (exact) mass is 400 g/mol. The van der Waals surface area contributed by atoms with E-state index in [4.69, 9.17) is 1.37 Å². The van der Waals surface area contributed by atoms with Gasteiger partial charge in [-0.2, -0.15) is 13.2 Å². The van der Waals surface area contributed by atoms with Crippen molar-refractivity contribution in [3.8, 4) is 0 Å². The van der Waals surface area contributed by atoms with E-state index < -0.39 is 18.0 Å². The van der Waals surface area contributed by atoms with Crippen LogP contribution in [0.1, 0.15) is 57.4 Å². The predicted molar refractivity (Wildman–Crippen MR) is 108 cm³/mol. The Balaban J connectivity index is 0.00000280. The molecule has 4 atom stereocenters. The van der Waals surface area contributed by atoms with Crippen LogP contribution in [0, 0.1) is 11.8 Å². The van der Waals surface area contributed by atoms with E-state index in [1.165, 1.54) is 6.08 Å².